The minimum atomic E-state index is -0.617. The molecule has 0 fully saturated rings. The van der Waals surface area contributed by atoms with Gasteiger partial charge in [-0.05, 0) is 55.7 Å². The molecule has 0 unspecified atom stereocenters. The molecule has 31 heavy (non-hydrogen) atoms. The van der Waals surface area contributed by atoms with Gasteiger partial charge in [0.1, 0.15) is 11.8 Å². The number of rotatable bonds is 12. The Bertz CT molecular complexity index is 824. The Labute approximate surface area is 189 Å². The maximum atomic E-state index is 13.2. The van der Waals surface area contributed by atoms with Crippen LogP contribution in [-0.2, 0) is 27.3 Å². The number of nitrogens with zero attached hydrogens (tertiary/aromatic N) is 1. The van der Waals surface area contributed by atoms with E-state index in [4.69, 9.17) is 21.1 Å². The normalized spacial score (nSPS) is 11.6. The Balaban J connectivity index is 2.10. The monoisotopic (exact) mass is 446 g/mol. The van der Waals surface area contributed by atoms with Crippen LogP contribution in [-0.4, -0.2) is 49.6 Å². The second kappa shape index (κ2) is 13.0. The third-order valence-corrected chi connectivity index (χ3v) is 5.17. The first-order chi connectivity index (χ1) is 14.9. The molecule has 2 aromatic carbocycles. The van der Waals surface area contributed by atoms with E-state index in [1.54, 1.807) is 31.1 Å². The molecule has 2 rings (SSSR count). The van der Waals surface area contributed by atoms with Crippen molar-refractivity contribution in [1.82, 2.24) is 10.2 Å². The van der Waals surface area contributed by atoms with E-state index in [9.17, 15) is 9.59 Å². The van der Waals surface area contributed by atoms with Crippen LogP contribution >= 0.6 is 11.6 Å². The third kappa shape index (κ3) is 8.23. The van der Waals surface area contributed by atoms with Crippen LogP contribution in [0.5, 0.6) is 5.75 Å². The molecule has 2 aromatic rings. The van der Waals surface area contributed by atoms with Crippen molar-refractivity contribution in [3.8, 4) is 5.75 Å². The largest absolute Gasteiger partial charge is 0.497 e. The number of benzene rings is 2. The van der Waals surface area contributed by atoms with Crippen LogP contribution in [0.15, 0.2) is 48.5 Å². The maximum Gasteiger partial charge on any atom is 0.242 e. The molecule has 0 aromatic heterocycles. The van der Waals surface area contributed by atoms with Gasteiger partial charge in [-0.2, -0.15) is 0 Å². The lowest BCUT2D eigenvalue weighted by molar-refractivity contribution is -0.140. The number of halogens is 1. The zero-order chi connectivity index (χ0) is 22.6. The van der Waals surface area contributed by atoms with Gasteiger partial charge < -0.3 is 19.7 Å². The van der Waals surface area contributed by atoms with Crippen LogP contribution in [0.1, 0.15) is 31.4 Å². The Morgan fingerprint density at radius 2 is 1.71 bits per heavy atom. The fourth-order valence-corrected chi connectivity index (χ4v) is 3.19. The minimum absolute atomic E-state index is 0.130. The highest BCUT2D eigenvalue weighted by molar-refractivity contribution is 6.30. The zero-order valence-corrected chi connectivity index (χ0v) is 19.2. The standard InChI is InChI=1S/C24H31ClN2O4/c1-4-31-15-5-14-26-24(29)18(2)27(17-20-8-12-22(30-3)13-9-20)23(28)16-19-6-10-21(25)11-7-19/h6-13,18H,4-5,14-17H2,1-3H3,(H,26,29)/t18-/m0/s1. The Morgan fingerprint density at radius 1 is 1.06 bits per heavy atom. The molecule has 168 valence electrons. The van der Waals surface area contributed by atoms with Crippen molar-refractivity contribution < 1.29 is 19.1 Å². The summed E-state index contributed by atoms with van der Waals surface area (Å²) in [5.74, 6) is 0.424. The molecule has 0 spiro atoms. The van der Waals surface area contributed by atoms with Gasteiger partial charge in [-0.15, -0.1) is 0 Å². The molecule has 0 saturated heterocycles. The zero-order valence-electron chi connectivity index (χ0n) is 18.4. The van der Waals surface area contributed by atoms with E-state index in [2.05, 4.69) is 5.32 Å². The summed E-state index contributed by atoms with van der Waals surface area (Å²) in [6.07, 6.45) is 0.915. The summed E-state index contributed by atoms with van der Waals surface area (Å²) in [7, 11) is 1.61. The molecule has 1 atom stereocenters. The molecule has 0 heterocycles. The first-order valence-electron chi connectivity index (χ1n) is 10.5. The van der Waals surface area contributed by atoms with Gasteiger partial charge in [0.25, 0.3) is 0 Å². The summed E-state index contributed by atoms with van der Waals surface area (Å²) >= 11 is 5.95. The van der Waals surface area contributed by atoms with Crippen LogP contribution < -0.4 is 10.1 Å². The summed E-state index contributed by atoms with van der Waals surface area (Å²) < 4.78 is 10.5. The van der Waals surface area contributed by atoms with E-state index in [-0.39, 0.29) is 18.2 Å². The first-order valence-corrected chi connectivity index (χ1v) is 10.8. The quantitative estimate of drug-likeness (QED) is 0.503. The van der Waals surface area contributed by atoms with Crippen LogP contribution in [0.3, 0.4) is 0 Å². The van der Waals surface area contributed by atoms with Crippen molar-refractivity contribution in [1.29, 1.82) is 0 Å². The van der Waals surface area contributed by atoms with Gasteiger partial charge in [-0.1, -0.05) is 35.9 Å². The molecule has 6 nitrogen and oxygen atoms in total. The predicted octanol–water partition coefficient (Wildman–Crippen LogP) is 3.85. The fourth-order valence-electron chi connectivity index (χ4n) is 3.07. The van der Waals surface area contributed by atoms with Crippen molar-refractivity contribution in [2.24, 2.45) is 0 Å². The minimum Gasteiger partial charge on any atom is -0.497 e. The van der Waals surface area contributed by atoms with Crippen molar-refractivity contribution in [3.63, 3.8) is 0 Å². The summed E-state index contributed by atoms with van der Waals surface area (Å²) in [5.41, 5.74) is 1.76. The molecule has 1 N–H and O–H groups in total. The summed E-state index contributed by atoms with van der Waals surface area (Å²) in [6, 6.07) is 14.0. The predicted molar refractivity (Wildman–Crippen MR) is 122 cm³/mol. The van der Waals surface area contributed by atoms with Crippen molar-refractivity contribution in [2.45, 2.75) is 39.3 Å². The van der Waals surface area contributed by atoms with Gasteiger partial charge in [0, 0.05) is 31.3 Å². The molecule has 7 heteroatoms. The second-order valence-corrected chi connectivity index (χ2v) is 7.63. The van der Waals surface area contributed by atoms with Crippen molar-refractivity contribution >= 4 is 23.4 Å². The maximum absolute atomic E-state index is 13.2. The van der Waals surface area contributed by atoms with E-state index in [0.29, 0.717) is 31.3 Å². The average Bonchev–Trinajstić information content (AvgIpc) is 2.78. The molecule has 2 amide bonds. The molecule has 0 bridgehead atoms. The molecule has 0 aliphatic carbocycles. The molecular formula is C24H31ClN2O4. The molecule has 0 saturated carbocycles. The molecule has 0 aliphatic rings. The van der Waals surface area contributed by atoms with Crippen molar-refractivity contribution in [2.75, 3.05) is 26.9 Å². The Hall–Kier alpha value is -2.57. The van der Waals surface area contributed by atoms with E-state index >= 15 is 0 Å². The third-order valence-electron chi connectivity index (χ3n) is 4.92. The fraction of sp³-hybridized carbons (Fsp3) is 0.417. The highest BCUT2D eigenvalue weighted by Crippen LogP contribution is 2.17. The first kappa shape index (κ1) is 24.7. The lowest BCUT2D eigenvalue weighted by atomic mass is 10.1. The summed E-state index contributed by atoms with van der Waals surface area (Å²) in [6.45, 7) is 5.76. The van der Waals surface area contributed by atoms with Gasteiger partial charge in [-0.25, -0.2) is 0 Å². The molecule has 0 aliphatic heterocycles. The highest BCUT2D eigenvalue weighted by Gasteiger charge is 2.26. The van der Waals surface area contributed by atoms with E-state index in [0.717, 1.165) is 23.3 Å². The van der Waals surface area contributed by atoms with Crippen LogP contribution in [0.25, 0.3) is 0 Å². The van der Waals surface area contributed by atoms with E-state index in [1.807, 2.05) is 43.3 Å². The molecular weight excluding hydrogens is 416 g/mol. The number of carbonyl (C=O) groups is 2. The van der Waals surface area contributed by atoms with E-state index in [1.165, 1.54) is 0 Å². The van der Waals surface area contributed by atoms with Gasteiger partial charge >= 0.3 is 0 Å². The van der Waals surface area contributed by atoms with Gasteiger partial charge in [0.15, 0.2) is 0 Å². The number of ether oxygens (including phenoxy) is 2. The number of hydrogen-bond acceptors (Lipinski definition) is 4. The summed E-state index contributed by atoms with van der Waals surface area (Å²) in [4.78, 5) is 27.5. The smallest absolute Gasteiger partial charge is 0.242 e. The topological polar surface area (TPSA) is 67.9 Å². The molecule has 0 radical (unpaired) electrons. The van der Waals surface area contributed by atoms with E-state index < -0.39 is 6.04 Å². The number of amides is 2. The second-order valence-electron chi connectivity index (χ2n) is 7.19. The lowest BCUT2D eigenvalue weighted by Gasteiger charge is -2.29. The van der Waals surface area contributed by atoms with Crippen molar-refractivity contribution in [3.05, 3.63) is 64.7 Å². The number of methoxy groups -OCH3 is 1. The Morgan fingerprint density at radius 3 is 2.32 bits per heavy atom. The number of nitrogens with one attached hydrogen (secondary N) is 1. The lowest BCUT2D eigenvalue weighted by Crippen LogP contribution is -2.48. The average molecular weight is 447 g/mol. The van der Waals surface area contributed by atoms with Gasteiger partial charge in [-0.3, -0.25) is 9.59 Å². The Kier molecular flexibility index (Phi) is 10.3. The number of carbonyl (C=O) groups excluding carboxylic acids is 2. The van der Waals surface area contributed by atoms with Crippen LogP contribution in [0.4, 0.5) is 0 Å². The van der Waals surface area contributed by atoms with Gasteiger partial charge in [0.05, 0.1) is 13.5 Å². The summed E-state index contributed by atoms with van der Waals surface area (Å²) in [5, 5.41) is 3.52. The van der Waals surface area contributed by atoms with Crippen LogP contribution in [0.2, 0.25) is 5.02 Å². The van der Waals surface area contributed by atoms with Gasteiger partial charge in [0.2, 0.25) is 11.8 Å². The SMILES string of the molecule is CCOCCCNC(=O)[C@H](C)N(Cc1ccc(OC)cc1)C(=O)Cc1ccc(Cl)cc1. The number of hydrogen-bond donors (Lipinski definition) is 1. The van der Waals surface area contributed by atoms with Crippen LogP contribution in [0, 0.1) is 0 Å². The highest BCUT2D eigenvalue weighted by atomic mass is 35.5.